The molecule has 2 aromatic heterocycles. The molecule has 0 fully saturated rings. The topological polar surface area (TPSA) is 77.0 Å². The molecule has 4 rings (SSSR count). The number of allylic oxidation sites excluding steroid dienone is 1. The Morgan fingerprint density at radius 2 is 1.94 bits per heavy atom. The summed E-state index contributed by atoms with van der Waals surface area (Å²) in [5.41, 5.74) is 2.53. The van der Waals surface area contributed by atoms with Crippen LogP contribution in [-0.4, -0.2) is 31.2 Å². The van der Waals surface area contributed by atoms with Gasteiger partial charge in [-0.15, -0.1) is 0 Å². The molecule has 166 valence electrons. The number of anilines is 1. The summed E-state index contributed by atoms with van der Waals surface area (Å²) in [5.74, 6) is 0.899. The number of hydrogen-bond acceptors (Lipinski definition) is 7. The van der Waals surface area contributed by atoms with Crippen LogP contribution in [0.1, 0.15) is 37.0 Å². The maximum atomic E-state index is 13.5. The van der Waals surface area contributed by atoms with Gasteiger partial charge in [-0.2, -0.15) is 0 Å². The number of fused-ring (bicyclic) bond motifs is 1. The van der Waals surface area contributed by atoms with Gasteiger partial charge in [0.05, 0.1) is 28.5 Å². The van der Waals surface area contributed by atoms with Gasteiger partial charge >= 0.3 is 5.97 Å². The lowest BCUT2D eigenvalue weighted by Gasteiger charge is -2.25. The lowest BCUT2D eigenvalue weighted by atomic mass is 9.95. The summed E-state index contributed by atoms with van der Waals surface area (Å²) in [6.07, 6.45) is 1.71. The fourth-order valence-electron chi connectivity index (χ4n) is 3.72. The van der Waals surface area contributed by atoms with Crippen molar-refractivity contribution in [3.63, 3.8) is 0 Å². The first-order valence-corrected chi connectivity index (χ1v) is 11.1. The number of aryl methyl sites for hydroxylation is 1. The van der Waals surface area contributed by atoms with Gasteiger partial charge in [-0.25, -0.2) is 9.79 Å². The number of esters is 1. The minimum atomic E-state index is -0.623. The van der Waals surface area contributed by atoms with E-state index >= 15 is 0 Å². The van der Waals surface area contributed by atoms with Gasteiger partial charge in [0.25, 0.3) is 5.56 Å². The van der Waals surface area contributed by atoms with E-state index in [9.17, 15) is 9.59 Å². The lowest BCUT2D eigenvalue weighted by Crippen LogP contribution is -2.39. The zero-order valence-corrected chi connectivity index (χ0v) is 19.5. The molecule has 3 heterocycles. The van der Waals surface area contributed by atoms with E-state index in [2.05, 4.69) is 4.99 Å². The van der Waals surface area contributed by atoms with Crippen molar-refractivity contribution in [1.29, 1.82) is 0 Å². The molecule has 1 atom stereocenters. The molecule has 0 bridgehead atoms. The van der Waals surface area contributed by atoms with Crippen molar-refractivity contribution in [3.05, 3.63) is 84.4 Å². The van der Waals surface area contributed by atoms with Crippen molar-refractivity contribution >= 4 is 29.1 Å². The SMILES string of the molecule is CCOC(=O)C1=C(C)N=c2s/c(=C\c3ccc(C)o3)c(=O)n2C1c1ccc(N(C)C)cc1. The van der Waals surface area contributed by atoms with Gasteiger partial charge in [-0.05, 0) is 50.6 Å². The van der Waals surface area contributed by atoms with Crippen molar-refractivity contribution < 1.29 is 13.9 Å². The van der Waals surface area contributed by atoms with Crippen molar-refractivity contribution in [1.82, 2.24) is 4.57 Å². The first-order valence-electron chi connectivity index (χ1n) is 10.3. The summed E-state index contributed by atoms with van der Waals surface area (Å²) in [6, 6.07) is 10.9. The number of carbonyl (C=O) groups is 1. The van der Waals surface area contributed by atoms with E-state index < -0.39 is 12.0 Å². The normalized spacial score (nSPS) is 16.0. The van der Waals surface area contributed by atoms with Crippen LogP contribution in [0.15, 0.2) is 61.9 Å². The lowest BCUT2D eigenvalue weighted by molar-refractivity contribution is -0.139. The highest BCUT2D eigenvalue weighted by molar-refractivity contribution is 7.07. The average molecular weight is 452 g/mol. The number of thiazole rings is 1. The second-order valence-corrected chi connectivity index (χ2v) is 8.75. The van der Waals surface area contributed by atoms with Crippen molar-refractivity contribution in [3.8, 4) is 0 Å². The van der Waals surface area contributed by atoms with Gasteiger partial charge in [-0.3, -0.25) is 9.36 Å². The molecular weight excluding hydrogens is 426 g/mol. The Morgan fingerprint density at radius 3 is 2.53 bits per heavy atom. The molecular formula is C24H25N3O4S. The van der Waals surface area contributed by atoms with Gasteiger partial charge in [0.1, 0.15) is 11.5 Å². The number of hydrogen-bond donors (Lipinski definition) is 0. The monoisotopic (exact) mass is 451 g/mol. The van der Waals surface area contributed by atoms with Gasteiger partial charge < -0.3 is 14.1 Å². The zero-order chi connectivity index (χ0) is 23.0. The molecule has 3 aromatic rings. The molecule has 1 aliphatic rings. The van der Waals surface area contributed by atoms with Gasteiger partial charge in [0, 0.05) is 25.9 Å². The molecule has 0 N–H and O–H groups in total. The van der Waals surface area contributed by atoms with E-state index in [0.717, 1.165) is 17.0 Å². The Kier molecular flexibility index (Phi) is 5.88. The number of rotatable bonds is 5. The third-order valence-corrected chi connectivity index (χ3v) is 6.26. The second kappa shape index (κ2) is 8.63. The molecule has 0 saturated carbocycles. The number of ether oxygens (including phenoxy) is 1. The Labute approximate surface area is 189 Å². The molecule has 32 heavy (non-hydrogen) atoms. The van der Waals surface area contributed by atoms with E-state index in [0.29, 0.717) is 26.4 Å². The van der Waals surface area contributed by atoms with E-state index in [1.165, 1.54) is 11.3 Å². The minimum absolute atomic E-state index is 0.223. The number of furan rings is 1. The summed E-state index contributed by atoms with van der Waals surface area (Å²) >= 11 is 1.28. The number of benzene rings is 1. The highest BCUT2D eigenvalue weighted by Gasteiger charge is 2.33. The predicted molar refractivity (Wildman–Crippen MR) is 125 cm³/mol. The summed E-state index contributed by atoms with van der Waals surface area (Å²) < 4.78 is 13.0. The fourth-order valence-corrected chi connectivity index (χ4v) is 4.75. The molecule has 0 spiro atoms. The van der Waals surface area contributed by atoms with Crippen molar-refractivity contribution in [2.45, 2.75) is 26.8 Å². The molecule has 1 aromatic carbocycles. The van der Waals surface area contributed by atoms with Crippen LogP contribution in [0.4, 0.5) is 5.69 Å². The molecule has 8 heteroatoms. The van der Waals surface area contributed by atoms with Crippen LogP contribution < -0.4 is 19.8 Å². The van der Waals surface area contributed by atoms with Crippen LogP contribution in [0.25, 0.3) is 6.08 Å². The van der Waals surface area contributed by atoms with Crippen molar-refractivity contribution in [2.24, 2.45) is 4.99 Å². The van der Waals surface area contributed by atoms with Crippen LogP contribution in [0.2, 0.25) is 0 Å². The summed E-state index contributed by atoms with van der Waals surface area (Å²) in [7, 11) is 3.92. The third kappa shape index (κ3) is 3.93. The smallest absolute Gasteiger partial charge is 0.338 e. The van der Waals surface area contributed by atoms with Crippen LogP contribution in [-0.2, 0) is 9.53 Å². The molecule has 0 amide bonds. The van der Waals surface area contributed by atoms with E-state index in [1.54, 1.807) is 24.5 Å². The third-order valence-electron chi connectivity index (χ3n) is 5.28. The van der Waals surface area contributed by atoms with E-state index in [1.807, 2.05) is 62.3 Å². The largest absolute Gasteiger partial charge is 0.463 e. The fraction of sp³-hybridized carbons (Fsp3) is 0.292. The van der Waals surface area contributed by atoms with E-state index in [-0.39, 0.29) is 12.2 Å². The Hall–Kier alpha value is -3.39. The molecule has 0 saturated heterocycles. The van der Waals surface area contributed by atoms with Gasteiger partial charge in [0.15, 0.2) is 4.80 Å². The number of aromatic nitrogens is 1. The molecule has 0 radical (unpaired) electrons. The van der Waals surface area contributed by atoms with Crippen LogP contribution >= 0.6 is 11.3 Å². The Balaban J connectivity index is 1.93. The number of carbonyl (C=O) groups excluding carboxylic acids is 1. The zero-order valence-electron chi connectivity index (χ0n) is 18.7. The second-order valence-electron chi connectivity index (χ2n) is 7.74. The first-order chi connectivity index (χ1) is 15.3. The molecule has 1 aliphatic heterocycles. The maximum Gasteiger partial charge on any atom is 0.338 e. The van der Waals surface area contributed by atoms with E-state index in [4.69, 9.17) is 9.15 Å². The average Bonchev–Trinajstić information content (AvgIpc) is 3.30. The van der Waals surface area contributed by atoms with Gasteiger partial charge in [-0.1, -0.05) is 23.5 Å². The quantitative estimate of drug-likeness (QED) is 0.558. The molecule has 7 nitrogen and oxygen atoms in total. The summed E-state index contributed by atoms with van der Waals surface area (Å²) in [5, 5.41) is 0. The standard InChI is InChI=1S/C24H25N3O4S/c1-6-30-23(29)20-15(3)25-24-27(21(20)16-8-10-17(11-9-16)26(4)5)22(28)19(32-24)13-18-12-7-14(2)31-18/h7-13,21H,6H2,1-5H3/b19-13-. The Morgan fingerprint density at radius 1 is 1.22 bits per heavy atom. The predicted octanol–water partition coefficient (Wildman–Crippen LogP) is 2.77. The molecule has 0 aliphatic carbocycles. The summed E-state index contributed by atoms with van der Waals surface area (Å²) in [6.45, 7) is 5.63. The van der Waals surface area contributed by atoms with Crippen LogP contribution in [0.3, 0.4) is 0 Å². The van der Waals surface area contributed by atoms with Crippen LogP contribution in [0.5, 0.6) is 0 Å². The highest BCUT2D eigenvalue weighted by atomic mass is 32.1. The van der Waals surface area contributed by atoms with Crippen molar-refractivity contribution in [2.75, 3.05) is 25.6 Å². The van der Waals surface area contributed by atoms with Crippen LogP contribution in [0, 0.1) is 6.92 Å². The first kappa shape index (κ1) is 21.8. The highest BCUT2D eigenvalue weighted by Crippen LogP contribution is 2.31. The molecule has 1 unspecified atom stereocenters. The Bertz CT molecular complexity index is 1370. The minimum Gasteiger partial charge on any atom is -0.463 e. The summed E-state index contributed by atoms with van der Waals surface area (Å²) in [4.78, 5) is 33.5. The number of nitrogens with zero attached hydrogens (tertiary/aromatic N) is 3. The maximum absolute atomic E-state index is 13.5. The van der Waals surface area contributed by atoms with Gasteiger partial charge in [0.2, 0.25) is 0 Å².